The molecule has 0 saturated carbocycles. The third-order valence-electron chi connectivity index (χ3n) is 1.65. The molecule has 0 aliphatic carbocycles. The molecule has 1 rings (SSSR count). The van der Waals surface area contributed by atoms with Gasteiger partial charge >= 0.3 is 0 Å². The predicted molar refractivity (Wildman–Crippen MR) is 91.2 cm³/mol. The average Bonchev–Trinajstić information content (AvgIpc) is 2.43. The van der Waals surface area contributed by atoms with E-state index in [-0.39, 0.29) is 6.61 Å². The van der Waals surface area contributed by atoms with Crippen molar-refractivity contribution >= 4 is 28.2 Å². The molecule has 0 heterocycles. The van der Waals surface area contributed by atoms with Gasteiger partial charge in [-0.05, 0) is 5.56 Å². The van der Waals surface area contributed by atoms with Crippen LogP contribution in [0.5, 0.6) is 0 Å². The van der Waals surface area contributed by atoms with Crippen molar-refractivity contribution in [1.29, 1.82) is 0 Å². The van der Waals surface area contributed by atoms with Gasteiger partial charge in [-0.1, -0.05) is 70.2 Å². The van der Waals surface area contributed by atoms with Gasteiger partial charge in [-0.15, -0.1) is 11.8 Å². The lowest BCUT2D eigenvalue weighted by molar-refractivity contribution is 0.135. The van der Waals surface area contributed by atoms with E-state index in [1.807, 2.05) is 32.0 Å². The summed E-state index contributed by atoms with van der Waals surface area (Å²) >= 11 is 7.00. The number of ether oxygens (including phenoxy) is 1. The number of hydrogen-bond donors (Lipinski definition) is 1. The number of thiocarbonyl (C=S) groups is 1. The highest BCUT2D eigenvalue weighted by atomic mass is 32.2. The number of methoxy groups -OCH3 is 1. The summed E-state index contributed by atoms with van der Waals surface area (Å²) in [6.07, 6.45) is 0. The lowest BCUT2D eigenvalue weighted by Crippen LogP contribution is -1.96. The largest absolute Gasteiger partial charge is 0.394 e. The fourth-order valence-corrected chi connectivity index (χ4v) is 2.36. The van der Waals surface area contributed by atoms with E-state index in [0.717, 1.165) is 9.76 Å². The Morgan fingerprint density at radius 3 is 2.11 bits per heavy atom. The minimum Gasteiger partial charge on any atom is -0.394 e. The van der Waals surface area contributed by atoms with Gasteiger partial charge in [-0.2, -0.15) is 0 Å². The van der Waals surface area contributed by atoms with Crippen LogP contribution >= 0.6 is 24.0 Å². The fourth-order valence-electron chi connectivity index (χ4n) is 0.948. The van der Waals surface area contributed by atoms with Gasteiger partial charge in [0.1, 0.15) is 0 Å². The Labute approximate surface area is 127 Å². The summed E-state index contributed by atoms with van der Waals surface area (Å²) in [5.74, 6) is 0. The van der Waals surface area contributed by atoms with Crippen molar-refractivity contribution in [3.63, 3.8) is 0 Å². The van der Waals surface area contributed by atoms with Crippen LogP contribution in [-0.2, 0) is 4.74 Å². The zero-order chi connectivity index (χ0) is 15.1. The van der Waals surface area contributed by atoms with Crippen molar-refractivity contribution in [2.24, 2.45) is 0 Å². The molecule has 0 spiro atoms. The fraction of sp³-hybridized carbons (Fsp3) is 0.533. The van der Waals surface area contributed by atoms with E-state index >= 15 is 0 Å². The van der Waals surface area contributed by atoms with Crippen molar-refractivity contribution in [2.45, 2.75) is 32.9 Å². The smallest absolute Gasteiger partial charge is 0.0780 e. The van der Waals surface area contributed by atoms with Gasteiger partial charge in [0.2, 0.25) is 0 Å². The van der Waals surface area contributed by atoms with Gasteiger partial charge < -0.3 is 9.84 Å². The van der Waals surface area contributed by atoms with E-state index in [1.165, 1.54) is 0 Å². The normalized spacial score (nSPS) is 9.00. The molecular weight excluding hydrogens is 276 g/mol. The zero-order valence-electron chi connectivity index (χ0n) is 12.6. The second kappa shape index (κ2) is 15.6. The number of benzene rings is 1. The third kappa shape index (κ3) is 13.8. The van der Waals surface area contributed by atoms with Crippen LogP contribution in [0.2, 0.25) is 0 Å². The van der Waals surface area contributed by atoms with Crippen molar-refractivity contribution in [1.82, 2.24) is 0 Å². The highest BCUT2D eigenvalue weighted by molar-refractivity contribution is 8.24. The Morgan fingerprint density at radius 2 is 1.79 bits per heavy atom. The molecule has 1 aromatic carbocycles. The lowest BCUT2D eigenvalue weighted by Gasteiger charge is -2.05. The SMILES string of the molecule is CC.CC(C)SC(=S)c1ccccc1.COCCO. The average molecular weight is 303 g/mol. The van der Waals surface area contributed by atoms with Crippen molar-refractivity contribution in [3.05, 3.63) is 35.9 Å². The molecule has 0 saturated heterocycles. The minimum absolute atomic E-state index is 0.122. The molecule has 0 radical (unpaired) electrons. The summed E-state index contributed by atoms with van der Waals surface area (Å²) in [5, 5.41) is 8.51. The van der Waals surface area contributed by atoms with Gasteiger partial charge in [0.15, 0.2) is 0 Å². The van der Waals surface area contributed by atoms with Gasteiger partial charge in [0, 0.05) is 12.4 Å². The van der Waals surface area contributed by atoms with Gasteiger partial charge in [0.25, 0.3) is 0 Å². The van der Waals surface area contributed by atoms with E-state index < -0.39 is 0 Å². The first-order valence-corrected chi connectivity index (χ1v) is 7.76. The van der Waals surface area contributed by atoms with Crippen molar-refractivity contribution in [2.75, 3.05) is 20.3 Å². The van der Waals surface area contributed by atoms with Crippen LogP contribution < -0.4 is 0 Å². The maximum absolute atomic E-state index is 7.94. The minimum atomic E-state index is 0.122. The third-order valence-corrected chi connectivity index (χ3v) is 3.09. The summed E-state index contributed by atoms with van der Waals surface area (Å²) in [4.78, 5) is 0. The Morgan fingerprint density at radius 1 is 1.26 bits per heavy atom. The molecule has 0 amide bonds. The van der Waals surface area contributed by atoms with Crippen LogP contribution in [0.4, 0.5) is 0 Å². The predicted octanol–water partition coefficient (Wildman–Crippen LogP) is 4.16. The Bertz CT molecular complexity index is 298. The van der Waals surface area contributed by atoms with Crippen LogP contribution in [0.1, 0.15) is 33.3 Å². The number of aliphatic hydroxyl groups excluding tert-OH is 1. The first kappa shape index (κ1) is 20.9. The van der Waals surface area contributed by atoms with Crippen molar-refractivity contribution < 1.29 is 9.84 Å². The highest BCUT2D eigenvalue weighted by Gasteiger charge is 2.02. The van der Waals surface area contributed by atoms with Gasteiger partial charge in [-0.25, -0.2) is 0 Å². The summed E-state index contributed by atoms with van der Waals surface area (Å²) in [6, 6.07) is 10.1. The Balaban J connectivity index is 0. The molecular formula is C15H26O2S2. The maximum Gasteiger partial charge on any atom is 0.0780 e. The monoisotopic (exact) mass is 302 g/mol. The molecule has 110 valence electrons. The number of thioether (sulfide) groups is 1. The lowest BCUT2D eigenvalue weighted by atomic mass is 10.2. The molecule has 1 N–H and O–H groups in total. The summed E-state index contributed by atoms with van der Waals surface area (Å²) in [7, 11) is 1.55. The molecule has 0 fully saturated rings. The first-order valence-electron chi connectivity index (χ1n) is 6.47. The molecule has 0 atom stereocenters. The molecule has 0 aliphatic rings. The molecule has 0 aliphatic heterocycles. The highest BCUT2D eigenvalue weighted by Crippen LogP contribution is 2.18. The Hall–Kier alpha value is -0.420. The van der Waals surface area contributed by atoms with Gasteiger partial charge in [-0.3, -0.25) is 0 Å². The quantitative estimate of drug-likeness (QED) is 0.846. The van der Waals surface area contributed by atoms with Crippen LogP contribution in [0.3, 0.4) is 0 Å². The van der Waals surface area contributed by atoms with E-state index in [9.17, 15) is 0 Å². The molecule has 0 aromatic heterocycles. The number of rotatable bonds is 4. The van der Waals surface area contributed by atoms with E-state index in [1.54, 1.807) is 18.9 Å². The number of hydrogen-bond acceptors (Lipinski definition) is 4. The van der Waals surface area contributed by atoms with Crippen LogP contribution in [0.25, 0.3) is 0 Å². The second-order valence-electron chi connectivity index (χ2n) is 3.54. The maximum atomic E-state index is 7.94. The molecule has 0 bridgehead atoms. The first-order chi connectivity index (χ1) is 9.11. The molecule has 4 heteroatoms. The standard InChI is InChI=1S/C10H12S2.C3H8O2.C2H6/c1-8(2)12-10(11)9-6-4-3-5-7-9;1-5-3-2-4;1-2/h3-8H,1-2H3;4H,2-3H2,1H3;1-2H3. The van der Waals surface area contributed by atoms with E-state index in [2.05, 4.69) is 30.7 Å². The molecule has 0 unspecified atom stereocenters. The summed E-state index contributed by atoms with van der Waals surface area (Å²) in [6.45, 7) is 8.87. The topological polar surface area (TPSA) is 29.5 Å². The van der Waals surface area contributed by atoms with E-state index in [4.69, 9.17) is 17.3 Å². The van der Waals surface area contributed by atoms with Crippen molar-refractivity contribution in [3.8, 4) is 0 Å². The van der Waals surface area contributed by atoms with Crippen LogP contribution in [-0.4, -0.2) is 34.9 Å². The van der Waals surface area contributed by atoms with Crippen LogP contribution in [0, 0.1) is 0 Å². The summed E-state index contributed by atoms with van der Waals surface area (Å²) < 4.78 is 5.43. The molecule has 1 aromatic rings. The molecule has 2 nitrogen and oxygen atoms in total. The number of aliphatic hydroxyl groups is 1. The Kier molecular flexibility index (Phi) is 17.2. The molecule has 19 heavy (non-hydrogen) atoms. The second-order valence-corrected chi connectivity index (χ2v) is 5.79. The zero-order valence-corrected chi connectivity index (χ0v) is 14.2. The van der Waals surface area contributed by atoms with E-state index in [0.29, 0.717) is 11.9 Å². The van der Waals surface area contributed by atoms with Crippen LogP contribution in [0.15, 0.2) is 30.3 Å². The van der Waals surface area contributed by atoms with Gasteiger partial charge in [0.05, 0.1) is 17.4 Å². The summed E-state index contributed by atoms with van der Waals surface area (Å²) in [5.41, 5.74) is 1.16.